The third kappa shape index (κ3) is 5.53. The van der Waals surface area contributed by atoms with E-state index in [4.69, 9.17) is 25.5 Å². The van der Waals surface area contributed by atoms with Gasteiger partial charge in [0.1, 0.15) is 17.3 Å². The second kappa shape index (κ2) is 9.14. The molecular formula is C21H20ClNO4. The number of halogens is 1. The maximum atomic E-state index is 12.7. The zero-order chi connectivity index (χ0) is 19.1. The molecule has 0 saturated heterocycles. The summed E-state index contributed by atoms with van der Waals surface area (Å²) in [6.45, 7) is 0.726. The lowest BCUT2D eigenvalue weighted by atomic mass is 10.2. The highest BCUT2D eigenvalue weighted by molar-refractivity contribution is 6.30. The first-order chi connectivity index (χ1) is 13.1. The Morgan fingerprint density at radius 2 is 1.70 bits per heavy atom. The Labute approximate surface area is 163 Å². The Morgan fingerprint density at radius 1 is 1.00 bits per heavy atom. The number of carbonyl (C=O) groups excluding carboxylic acids is 1. The summed E-state index contributed by atoms with van der Waals surface area (Å²) in [6.07, 6.45) is 1.59. The van der Waals surface area contributed by atoms with E-state index in [0.29, 0.717) is 29.6 Å². The van der Waals surface area contributed by atoms with Crippen LogP contribution >= 0.6 is 11.6 Å². The minimum Gasteiger partial charge on any atom is -0.497 e. The lowest BCUT2D eigenvalue weighted by molar-refractivity contribution is -0.134. The molecule has 6 heteroatoms. The van der Waals surface area contributed by atoms with Gasteiger partial charge in [0.2, 0.25) is 0 Å². The molecule has 1 aromatic heterocycles. The monoisotopic (exact) mass is 385 g/mol. The molecule has 1 amide bonds. The fourth-order valence-corrected chi connectivity index (χ4v) is 2.67. The highest BCUT2D eigenvalue weighted by atomic mass is 35.5. The number of carbonyl (C=O) groups is 1. The van der Waals surface area contributed by atoms with Crippen LogP contribution in [0.2, 0.25) is 5.02 Å². The molecule has 0 radical (unpaired) electrons. The molecule has 5 nitrogen and oxygen atoms in total. The second-order valence-electron chi connectivity index (χ2n) is 5.92. The number of nitrogens with zero attached hydrogens (tertiary/aromatic N) is 1. The summed E-state index contributed by atoms with van der Waals surface area (Å²) in [7, 11) is 1.60. The van der Waals surface area contributed by atoms with Crippen molar-refractivity contribution in [3.8, 4) is 11.5 Å². The standard InChI is InChI=1S/C21H20ClNO4/c1-25-18-8-10-19(11-9-18)27-15-21(24)23(14-20-3-2-12-26-20)13-16-4-6-17(22)7-5-16/h2-12H,13-15H2,1H3. The van der Waals surface area contributed by atoms with Crippen LogP contribution in [0, 0.1) is 0 Å². The molecule has 0 atom stereocenters. The van der Waals surface area contributed by atoms with E-state index >= 15 is 0 Å². The van der Waals surface area contributed by atoms with Crippen LogP contribution < -0.4 is 9.47 Å². The summed E-state index contributed by atoms with van der Waals surface area (Å²) in [5.74, 6) is 1.91. The molecule has 3 aromatic rings. The molecule has 1 heterocycles. The lowest BCUT2D eigenvalue weighted by Gasteiger charge is -2.22. The van der Waals surface area contributed by atoms with Crippen LogP contribution in [-0.4, -0.2) is 24.5 Å². The molecule has 0 aliphatic rings. The highest BCUT2D eigenvalue weighted by Gasteiger charge is 2.17. The molecule has 0 fully saturated rings. The molecular weight excluding hydrogens is 366 g/mol. The summed E-state index contributed by atoms with van der Waals surface area (Å²) in [6, 6.07) is 18.2. The maximum absolute atomic E-state index is 12.7. The first-order valence-corrected chi connectivity index (χ1v) is 8.83. The van der Waals surface area contributed by atoms with Gasteiger partial charge in [-0.2, -0.15) is 0 Å². The van der Waals surface area contributed by atoms with E-state index in [0.717, 1.165) is 11.3 Å². The first kappa shape index (κ1) is 18.9. The molecule has 0 aliphatic heterocycles. The van der Waals surface area contributed by atoms with Crippen molar-refractivity contribution in [2.45, 2.75) is 13.1 Å². The third-order valence-corrected chi connectivity index (χ3v) is 4.24. The van der Waals surface area contributed by atoms with E-state index in [1.165, 1.54) is 0 Å². The van der Waals surface area contributed by atoms with Gasteiger partial charge in [-0.1, -0.05) is 23.7 Å². The van der Waals surface area contributed by atoms with Crippen LogP contribution in [0.25, 0.3) is 0 Å². The summed E-state index contributed by atoms with van der Waals surface area (Å²) in [5.41, 5.74) is 0.976. The number of benzene rings is 2. The minimum absolute atomic E-state index is 0.0688. The van der Waals surface area contributed by atoms with Crippen LogP contribution in [0.3, 0.4) is 0 Å². The number of amides is 1. The van der Waals surface area contributed by atoms with Gasteiger partial charge in [0.25, 0.3) is 5.91 Å². The Bertz CT molecular complexity index is 845. The van der Waals surface area contributed by atoms with Gasteiger partial charge in [0, 0.05) is 11.6 Å². The van der Waals surface area contributed by atoms with Gasteiger partial charge < -0.3 is 18.8 Å². The SMILES string of the molecule is COc1ccc(OCC(=O)N(Cc2ccc(Cl)cc2)Cc2ccco2)cc1. The fraction of sp³-hybridized carbons (Fsp3) is 0.190. The number of ether oxygens (including phenoxy) is 2. The maximum Gasteiger partial charge on any atom is 0.261 e. The summed E-state index contributed by atoms with van der Waals surface area (Å²) >= 11 is 5.94. The van der Waals surface area contributed by atoms with Crippen molar-refractivity contribution in [3.63, 3.8) is 0 Å². The lowest BCUT2D eigenvalue weighted by Crippen LogP contribution is -2.34. The zero-order valence-electron chi connectivity index (χ0n) is 14.9. The average Bonchev–Trinajstić information content (AvgIpc) is 3.21. The molecule has 2 aromatic carbocycles. The quantitative estimate of drug-likeness (QED) is 0.570. The predicted octanol–water partition coefficient (Wildman–Crippen LogP) is 4.55. The van der Waals surface area contributed by atoms with E-state index in [1.807, 2.05) is 18.2 Å². The molecule has 27 heavy (non-hydrogen) atoms. The summed E-state index contributed by atoms with van der Waals surface area (Å²) in [4.78, 5) is 14.4. The summed E-state index contributed by atoms with van der Waals surface area (Å²) in [5, 5.41) is 0.658. The van der Waals surface area contributed by atoms with Gasteiger partial charge in [-0.05, 0) is 54.1 Å². The second-order valence-corrected chi connectivity index (χ2v) is 6.36. The number of hydrogen-bond donors (Lipinski definition) is 0. The van der Waals surface area contributed by atoms with Gasteiger partial charge in [-0.3, -0.25) is 4.79 Å². The topological polar surface area (TPSA) is 51.9 Å². The van der Waals surface area contributed by atoms with Crippen LogP contribution in [0.15, 0.2) is 71.3 Å². The van der Waals surface area contributed by atoms with Gasteiger partial charge in [0.15, 0.2) is 6.61 Å². The van der Waals surface area contributed by atoms with Gasteiger partial charge in [-0.15, -0.1) is 0 Å². The molecule has 140 valence electrons. The van der Waals surface area contributed by atoms with Crippen molar-refractivity contribution in [1.29, 1.82) is 0 Å². The van der Waals surface area contributed by atoms with Crippen LogP contribution in [0.1, 0.15) is 11.3 Å². The Hall–Kier alpha value is -2.92. The van der Waals surface area contributed by atoms with E-state index in [1.54, 1.807) is 60.7 Å². The molecule has 0 unspecified atom stereocenters. The Balaban J connectivity index is 1.66. The minimum atomic E-state index is -0.142. The van der Waals surface area contributed by atoms with E-state index in [-0.39, 0.29) is 12.5 Å². The van der Waals surface area contributed by atoms with E-state index in [2.05, 4.69) is 0 Å². The largest absolute Gasteiger partial charge is 0.497 e. The molecule has 0 bridgehead atoms. The van der Waals surface area contributed by atoms with Crippen LogP contribution in [0.5, 0.6) is 11.5 Å². The molecule has 0 aliphatic carbocycles. The Morgan fingerprint density at radius 3 is 2.33 bits per heavy atom. The number of furan rings is 1. The number of rotatable bonds is 8. The normalized spacial score (nSPS) is 10.4. The van der Waals surface area contributed by atoms with Crippen LogP contribution in [0.4, 0.5) is 0 Å². The van der Waals surface area contributed by atoms with Crippen molar-refractivity contribution in [2.24, 2.45) is 0 Å². The predicted molar refractivity (Wildman–Crippen MR) is 103 cm³/mol. The van der Waals surface area contributed by atoms with E-state index in [9.17, 15) is 4.79 Å². The molecule has 0 N–H and O–H groups in total. The fourth-order valence-electron chi connectivity index (χ4n) is 2.54. The number of methoxy groups -OCH3 is 1. The molecule has 0 saturated carbocycles. The average molecular weight is 386 g/mol. The Kier molecular flexibility index (Phi) is 6.39. The van der Waals surface area contributed by atoms with Crippen molar-refractivity contribution < 1.29 is 18.7 Å². The highest BCUT2D eigenvalue weighted by Crippen LogP contribution is 2.18. The van der Waals surface area contributed by atoms with Gasteiger partial charge in [0.05, 0.1) is 19.9 Å². The van der Waals surface area contributed by atoms with E-state index < -0.39 is 0 Å². The van der Waals surface area contributed by atoms with Crippen molar-refractivity contribution >= 4 is 17.5 Å². The van der Waals surface area contributed by atoms with Gasteiger partial charge in [-0.25, -0.2) is 0 Å². The number of hydrogen-bond acceptors (Lipinski definition) is 4. The smallest absolute Gasteiger partial charge is 0.261 e. The molecule has 3 rings (SSSR count). The zero-order valence-corrected chi connectivity index (χ0v) is 15.7. The molecule has 0 spiro atoms. The van der Waals surface area contributed by atoms with Crippen molar-refractivity contribution in [2.75, 3.05) is 13.7 Å². The summed E-state index contributed by atoms with van der Waals surface area (Å²) < 4.78 is 16.1. The van der Waals surface area contributed by atoms with Crippen LogP contribution in [-0.2, 0) is 17.9 Å². The third-order valence-electron chi connectivity index (χ3n) is 3.99. The van der Waals surface area contributed by atoms with Crippen molar-refractivity contribution in [3.05, 3.63) is 83.3 Å². The van der Waals surface area contributed by atoms with Gasteiger partial charge >= 0.3 is 0 Å². The first-order valence-electron chi connectivity index (χ1n) is 8.45. The van der Waals surface area contributed by atoms with Crippen molar-refractivity contribution in [1.82, 2.24) is 4.90 Å².